The highest BCUT2D eigenvalue weighted by molar-refractivity contribution is 6.08. The van der Waals surface area contributed by atoms with Crippen molar-refractivity contribution >= 4 is 28.9 Å². The lowest BCUT2D eigenvalue weighted by atomic mass is 10.0. The first-order valence-corrected chi connectivity index (χ1v) is 11.9. The van der Waals surface area contributed by atoms with Gasteiger partial charge in [0.25, 0.3) is 5.91 Å². The normalized spacial score (nSPS) is 14.9. The van der Waals surface area contributed by atoms with Crippen LogP contribution in [0.2, 0.25) is 0 Å². The topological polar surface area (TPSA) is 109 Å². The SMILES string of the molecule is Cn1c(C2CCCC2)nc2ncnc(C(=O)NCc3cc(F)cc(/C(C=N)=C/NC(C)(C)C)c3)c21. The Morgan fingerprint density at radius 1 is 1.23 bits per heavy atom. The highest BCUT2D eigenvalue weighted by atomic mass is 19.1. The highest BCUT2D eigenvalue weighted by Crippen LogP contribution is 2.34. The molecule has 0 bridgehead atoms. The number of fused-ring (bicyclic) bond motifs is 1. The summed E-state index contributed by atoms with van der Waals surface area (Å²) in [5.41, 5.74) is 2.85. The number of nitrogens with one attached hydrogen (secondary N) is 3. The van der Waals surface area contributed by atoms with Crippen molar-refractivity contribution in [1.82, 2.24) is 30.2 Å². The standard InChI is InChI=1S/C26H32FN7O/c1-26(2,3)32-14-19(12-28)18-9-16(10-20(27)11-18)13-29-25(35)21-22-23(31-15-30-21)33-24(34(22)4)17-7-5-6-8-17/h9-12,14-15,17,28,32H,5-8,13H2,1-4H3,(H,29,35)/b19-14+,28-12?. The van der Waals surface area contributed by atoms with Gasteiger partial charge in [-0.1, -0.05) is 12.8 Å². The second kappa shape index (κ2) is 9.93. The Labute approximate surface area is 204 Å². The molecule has 0 unspecified atom stereocenters. The number of carbonyl (C=O) groups is 1. The lowest BCUT2D eigenvalue weighted by Crippen LogP contribution is -2.31. The first-order chi connectivity index (χ1) is 16.7. The number of carbonyl (C=O) groups excluding carboxylic acids is 1. The van der Waals surface area contributed by atoms with Gasteiger partial charge in [-0.05, 0) is 62.9 Å². The number of aryl methyl sites for hydroxylation is 1. The second-order valence-electron chi connectivity index (χ2n) is 10.1. The molecule has 0 aliphatic heterocycles. The summed E-state index contributed by atoms with van der Waals surface area (Å²) in [7, 11) is 1.90. The van der Waals surface area contributed by atoms with Gasteiger partial charge < -0.3 is 20.6 Å². The van der Waals surface area contributed by atoms with E-state index in [1.54, 1.807) is 12.3 Å². The summed E-state index contributed by atoms with van der Waals surface area (Å²) >= 11 is 0. The molecule has 0 spiro atoms. The lowest BCUT2D eigenvalue weighted by molar-refractivity contribution is 0.0947. The number of amides is 1. The molecule has 4 rings (SSSR count). The number of aromatic nitrogens is 4. The quantitative estimate of drug-likeness (QED) is 0.435. The molecule has 0 radical (unpaired) electrons. The molecule has 8 nitrogen and oxygen atoms in total. The summed E-state index contributed by atoms with van der Waals surface area (Å²) < 4.78 is 16.3. The van der Waals surface area contributed by atoms with Crippen LogP contribution in [0.4, 0.5) is 4.39 Å². The van der Waals surface area contributed by atoms with Crippen LogP contribution in [0.1, 0.15) is 79.8 Å². The van der Waals surface area contributed by atoms with Crippen molar-refractivity contribution in [3.8, 4) is 0 Å². The fourth-order valence-corrected chi connectivity index (χ4v) is 4.46. The number of rotatable bonds is 7. The molecular formula is C26H32FN7O. The number of hydrogen-bond acceptors (Lipinski definition) is 6. The summed E-state index contributed by atoms with van der Waals surface area (Å²) in [5, 5.41) is 13.8. The zero-order chi connectivity index (χ0) is 25.2. The number of halogens is 1. The van der Waals surface area contributed by atoms with E-state index in [0.717, 1.165) is 18.7 Å². The van der Waals surface area contributed by atoms with Crippen LogP contribution in [-0.2, 0) is 13.6 Å². The van der Waals surface area contributed by atoms with Crippen molar-refractivity contribution in [3.63, 3.8) is 0 Å². The maximum absolute atomic E-state index is 14.4. The van der Waals surface area contributed by atoms with E-state index in [4.69, 9.17) is 10.4 Å². The zero-order valence-electron chi connectivity index (χ0n) is 20.7. The van der Waals surface area contributed by atoms with E-state index in [1.165, 1.54) is 37.5 Å². The molecule has 2 aromatic heterocycles. The van der Waals surface area contributed by atoms with Gasteiger partial charge in [0.05, 0.1) is 0 Å². The van der Waals surface area contributed by atoms with Crippen molar-refractivity contribution in [2.24, 2.45) is 7.05 Å². The molecule has 1 amide bonds. The van der Waals surface area contributed by atoms with Crippen LogP contribution in [-0.4, -0.2) is 37.2 Å². The minimum atomic E-state index is -0.437. The van der Waals surface area contributed by atoms with E-state index in [-0.39, 0.29) is 23.7 Å². The van der Waals surface area contributed by atoms with Gasteiger partial charge in [-0.25, -0.2) is 19.3 Å². The average molecular weight is 478 g/mol. The van der Waals surface area contributed by atoms with Gasteiger partial charge >= 0.3 is 0 Å². The number of imidazole rings is 1. The molecule has 2 heterocycles. The fourth-order valence-electron chi connectivity index (χ4n) is 4.46. The maximum Gasteiger partial charge on any atom is 0.272 e. The van der Waals surface area contributed by atoms with E-state index < -0.39 is 5.82 Å². The van der Waals surface area contributed by atoms with Crippen molar-refractivity contribution in [2.45, 2.75) is 64.5 Å². The van der Waals surface area contributed by atoms with Crippen LogP contribution in [0.5, 0.6) is 0 Å². The smallest absolute Gasteiger partial charge is 0.272 e. The molecule has 1 aromatic carbocycles. The third-order valence-electron chi connectivity index (χ3n) is 6.20. The molecule has 1 saturated carbocycles. The predicted octanol–water partition coefficient (Wildman–Crippen LogP) is 4.47. The minimum absolute atomic E-state index is 0.112. The van der Waals surface area contributed by atoms with E-state index in [9.17, 15) is 9.18 Å². The van der Waals surface area contributed by atoms with Crippen LogP contribution in [0.25, 0.3) is 16.7 Å². The predicted molar refractivity (Wildman–Crippen MR) is 135 cm³/mol. The maximum atomic E-state index is 14.4. The molecule has 3 aromatic rings. The van der Waals surface area contributed by atoms with Crippen LogP contribution in [0, 0.1) is 11.2 Å². The Hall–Kier alpha value is -3.62. The van der Waals surface area contributed by atoms with Gasteiger partial charge in [0.15, 0.2) is 11.3 Å². The Bertz CT molecular complexity index is 1280. The molecule has 184 valence electrons. The fraction of sp³-hybridized carbons (Fsp3) is 0.423. The molecule has 1 fully saturated rings. The molecular weight excluding hydrogens is 445 g/mol. The van der Waals surface area contributed by atoms with E-state index in [1.807, 2.05) is 32.4 Å². The summed E-state index contributed by atoms with van der Waals surface area (Å²) in [5.74, 6) is 0.505. The van der Waals surface area contributed by atoms with Crippen LogP contribution < -0.4 is 10.6 Å². The Balaban J connectivity index is 1.55. The molecule has 3 N–H and O–H groups in total. The molecule has 35 heavy (non-hydrogen) atoms. The van der Waals surface area contributed by atoms with Gasteiger partial charge in [-0.15, -0.1) is 0 Å². The van der Waals surface area contributed by atoms with Crippen LogP contribution >= 0.6 is 0 Å². The summed E-state index contributed by atoms with van der Waals surface area (Å²) in [6.07, 6.45) is 8.78. The van der Waals surface area contributed by atoms with Crippen molar-refractivity contribution < 1.29 is 9.18 Å². The average Bonchev–Trinajstić information content (AvgIpc) is 3.45. The minimum Gasteiger partial charge on any atom is -0.386 e. The Morgan fingerprint density at radius 2 is 1.97 bits per heavy atom. The number of nitrogens with zero attached hydrogens (tertiary/aromatic N) is 4. The summed E-state index contributed by atoms with van der Waals surface area (Å²) in [6, 6.07) is 4.52. The molecule has 0 saturated heterocycles. The number of benzene rings is 1. The molecule has 1 aliphatic rings. The monoisotopic (exact) mass is 477 g/mol. The van der Waals surface area contributed by atoms with Gasteiger partial charge in [0.2, 0.25) is 0 Å². The Morgan fingerprint density at radius 3 is 2.66 bits per heavy atom. The third kappa shape index (κ3) is 5.55. The molecule has 1 aliphatic carbocycles. The number of hydrogen-bond donors (Lipinski definition) is 3. The van der Waals surface area contributed by atoms with Gasteiger partial charge in [0.1, 0.15) is 23.5 Å². The zero-order valence-corrected chi connectivity index (χ0v) is 20.7. The second-order valence-corrected chi connectivity index (χ2v) is 10.1. The van der Waals surface area contributed by atoms with Crippen LogP contribution in [0.3, 0.4) is 0 Å². The molecule has 0 atom stereocenters. The van der Waals surface area contributed by atoms with E-state index in [0.29, 0.717) is 33.8 Å². The summed E-state index contributed by atoms with van der Waals surface area (Å²) in [6.45, 7) is 6.11. The van der Waals surface area contributed by atoms with Crippen molar-refractivity contribution in [1.29, 1.82) is 5.41 Å². The van der Waals surface area contributed by atoms with E-state index >= 15 is 0 Å². The van der Waals surface area contributed by atoms with Gasteiger partial charge in [0, 0.05) is 43.0 Å². The first kappa shape index (κ1) is 24.5. The molecule has 9 heteroatoms. The Kier molecular flexibility index (Phi) is 6.95. The largest absolute Gasteiger partial charge is 0.386 e. The van der Waals surface area contributed by atoms with Gasteiger partial charge in [-0.3, -0.25) is 4.79 Å². The summed E-state index contributed by atoms with van der Waals surface area (Å²) in [4.78, 5) is 26.3. The third-order valence-corrected chi connectivity index (χ3v) is 6.20. The lowest BCUT2D eigenvalue weighted by Gasteiger charge is -2.19. The van der Waals surface area contributed by atoms with Crippen LogP contribution in [0.15, 0.2) is 30.7 Å². The number of allylic oxidation sites excluding steroid dienone is 1. The van der Waals surface area contributed by atoms with Gasteiger partial charge in [-0.2, -0.15) is 0 Å². The van der Waals surface area contributed by atoms with Crippen molar-refractivity contribution in [2.75, 3.05) is 0 Å². The van der Waals surface area contributed by atoms with Crippen molar-refractivity contribution in [3.05, 3.63) is 59.2 Å². The van der Waals surface area contributed by atoms with E-state index in [2.05, 4.69) is 20.6 Å². The first-order valence-electron chi connectivity index (χ1n) is 11.9. The highest BCUT2D eigenvalue weighted by Gasteiger charge is 2.25.